The normalized spacial score (nSPS) is 25.5. The van der Waals surface area contributed by atoms with Crippen LogP contribution in [0.1, 0.15) is 44.9 Å². The molecule has 18 heavy (non-hydrogen) atoms. The molecule has 1 N–H and O–H groups in total. The summed E-state index contributed by atoms with van der Waals surface area (Å²) in [5.74, 6) is 0.942. The van der Waals surface area contributed by atoms with Crippen LogP contribution in [0.5, 0.6) is 5.75 Å². The molecule has 0 saturated heterocycles. The molecule has 2 aliphatic carbocycles. The Hall–Kier alpha value is -1.18. The average Bonchev–Trinajstić information content (AvgIpc) is 2.45. The van der Waals surface area contributed by atoms with Crippen molar-refractivity contribution in [2.45, 2.75) is 51.0 Å². The molecule has 2 heteroatoms. The van der Waals surface area contributed by atoms with Crippen molar-refractivity contribution in [3.05, 3.63) is 24.3 Å². The lowest BCUT2D eigenvalue weighted by atomic mass is 9.57. The molecule has 2 nitrogen and oxygen atoms in total. The van der Waals surface area contributed by atoms with Crippen LogP contribution in [-0.4, -0.2) is 13.2 Å². The Morgan fingerprint density at radius 1 is 1.17 bits per heavy atom. The molecule has 0 amide bonds. The van der Waals surface area contributed by atoms with Crippen LogP contribution in [0.3, 0.4) is 0 Å². The van der Waals surface area contributed by atoms with Crippen molar-refractivity contribution < 1.29 is 4.74 Å². The fourth-order valence-corrected chi connectivity index (χ4v) is 3.69. The molecule has 0 heterocycles. The van der Waals surface area contributed by atoms with Gasteiger partial charge in [-0.15, -0.1) is 0 Å². The summed E-state index contributed by atoms with van der Waals surface area (Å²) >= 11 is 0. The third-order valence-corrected chi connectivity index (χ3v) is 4.93. The van der Waals surface area contributed by atoms with Crippen molar-refractivity contribution in [1.29, 1.82) is 0 Å². The average molecular weight is 245 g/mol. The molecule has 0 bridgehead atoms. The highest BCUT2D eigenvalue weighted by Gasteiger charge is 2.46. The number of ether oxygens (including phenoxy) is 1. The van der Waals surface area contributed by atoms with Gasteiger partial charge in [0.15, 0.2) is 0 Å². The first-order valence-corrected chi connectivity index (χ1v) is 7.23. The Morgan fingerprint density at radius 3 is 2.67 bits per heavy atom. The van der Waals surface area contributed by atoms with E-state index in [0.29, 0.717) is 11.5 Å². The van der Waals surface area contributed by atoms with Crippen LogP contribution in [0.2, 0.25) is 0 Å². The minimum absolute atomic E-state index is 0.612. The molecule has 0 radical (unpaired) electrons. The molecule has 2 aliphatic rings. The second-order valence-electron chi connectivity index (χ2n) is 5.89. The van der Waals surface area contributed by atoms with Gasteiger partial charge in [-0.25, -0.2) is 0 Å². The molecule has 1 aromatic rings. The molecule has 2 saturated carbocycles. The zero-order chi connectivity index (χ0) is 12.4. The lowest BCUT2D eigenvalue weighted by molar-refractivity contribution is 0.0571. The van der Waals surface area contributed by atoms with Crippen LogP contribution in [0.15, 0.2) is 24.3 Å². The number of hydrogen-bond acceptors (Lipinski definition) is 2. The maximum absolute atomic E-state index is 5.29. The van der Waals surface area contributed by atoms with Crippen LogP contribution in [0.25, 0.3) is 0 Å². The molecule has 1 unspecified atom stereocenters. The standard InChI is InChI=1S/C16H23NO/c1-18-14-7-5-6-13(12-14)17-15-8-11-16(15)9-3-2-4-10-16/h5-7,12,15,17H,2-4,8-11H2,1H3. The topological polar surface area (TPSA) is 21.3 Å². The summed E-state index contributed by atoms with van der Waals surface area (Å²) in [6.07, 6.45) is 9.90. The van der Waals surface area contributed by atoms with Crippen LogP contribution >= 0.6 is 0 Å². The predicted octanol–water partition coefficient (Wildman–Crippen LogP) is 4.22. The van der Waals surface area contributed by atoms with Gasteiger partial charge in [0.05, 0.1) is 7.11 Å². The fraction of sp³-hybridized carbons (Fsp3) is 0.625. The first-order valence-electron chi connectivity index (χ1n) is 7.23. The molecule has 98 valence electrons. The molecule has 2 fully saturated rings. The van der Waals surface area contributed by atoms with E-state index in [2.05, 4.69) is 23.5 Å². The lowest BCUT2D eigenvalue weighted by Gasteiger charge is -2.52. The third-order valence-electron chi connectivity index (χ3n) is 4.93. The van der Waals surface area contributed by atoms with Gasteiger partial charge in [0.1, 0.15) is 5.75 Å². The van der Waals surface area contributed by atoms with E-state index in [-0.39, 0.29) is 0 Å². The Bertz CT molecular complexity index is 409. The molecule has 0 aromatic heterocycles. The van der Waals surface area contributed by atoms with E-state index in [4.69, 9.17) is 4.74 Å². The molecular weight excluding hydrogens is 222 g/mol. The number of nitrogens with one attached hydrogen (secondary N) is 1. The zero-order valence-electron chi connectivity index (χ0n) is 11.2. The Labute approximate surface area is 110 Å². The number of hydrogen-bond donors (Lipinski definition) is 1. The monoisotopic (exact) mass is 245 g/mol. The first-order chi connectivity index (χ1) is 8.82. The third kappa shape index (κ3) is 2.09. The maximum Gasteiger partial charge on any atom is 0.120 e. The van der Waals surface area contributed by atoms with E-state index in [1.54, 1.807) is 7.11 Å². The summed E-state index contributed by atoms with van der Waals surface area (Å²) in [5.41, 5.74) is 1.82. The Morgan fingerprint density at radius 2 is 2.00 bits per heavy atom. The summed E-state index contributed by atoms with van der Waals surface area (Å²) in [6.45, 7) is 0. The molecule has 1 atom stereocenters. The van der Waals surface area contributed by atoms with E-state index in [0.717, 1.165) is 5.75 Å². The number of benzene rings is 1. The van der Waals surface area contributed by atoms with Gasteiger partial charge < -0.3 is 10.1 Å². The lowest BCUT2D eigenvalue weighted by Crippen LogP contribution is -2.50. The van der Waals surface area contributed by atoms with Crippen LogP contribution in [0, 0.1) is 5.41 Å². The van der Waals surface area contributed by atoms with Crippen molar-refractivity contribution in [2.75, 3.05) is 12.4 Å². The largest absolute Gasteiger partial charge is 0.497 e. The molecule has 3 rings (SSSR count). The van der Waals surface area contributed by atoms with Crippen LogP contribution < -0.4 is 10.1 Å². The summed E-state index contributed by atoms with van der Waals surface area (Å²) < 4.78 is 5.29. The highest BCUT2D eigenvalue weighted by Crippen LogP contribution is 2.52. The van der Waals surface area contributed by atoms with Crippen LogP contribution in [0.4, 0.5) is 5.69 Å². The summed E-state index contributed by atoms with van der Waals surface area (Å²) in [5, 5.41) is 3.73. The van der Waals surface area contributed by atoms with Crippen molar-refractivity contribution >= 4 is 5.69 Å². The van der Waals surface area contributed by atoms with E-state index >= 15 is 0 Å². The number of methoxy groups -OCH3 is 1. The zero-order valence-corrected chi connectivity index (χ0v) is 11.2. The van der Waals surface area contributed by atoms with Crippen molar-refractivity contribution in [3.8, 4) is 5.75 Å². The van der Waals surface area contributed by atoms with Gasteiger partial charge in [-0.1, -0.05) is 25.3 Å². The molecule has 1 aromatic carbocycles. The molecular formula is C16H23NO. The van der Waals surface area contributed by atoms with Crippen molar-refractivity contribution in [2.24, 2.45) is 5.41 Å². The fourth-order valence-electron chi connectivity index (χ4n) is 3.69. The Balaban J connectivity index is 1.68. The second kappa shape index (κ2) is 4.83. The quantitative estimate of drug-likeness (QED) is 0.861. The summed E-state index contributed by atoms with van der Waals surface area (Å²) in [7, 11) is 1.73. The molecule has 1 spiro atoms. The summed E-state index contributed by atoms with van der Waals surface area (Å²) in [6, 6.07) is 9.01. The highest BCUT2D eigenvalue weighted by molar-refractivity contribution is 5.49. The van der Waals surface area contributed by atoms with E-state index in [1.165, 1.54) is 50.6 Å². The first kappa shape index (κ1) is 11.9. The van der Waals surface area contributed by atoms with Crippen LogP contribution in [-0.2, 0) is 0 Å². The second-order valence-corrected chi connectivity index (χ2v) is 5.89. The number of rotatable bonds is 3. The highest BCUT2D eigenvalue weighted by atomic mass is 16.5. The summed E-state index contributed by atoms with van der Waals surface area (Å²) in [4.78, 5) is 0. The smallest absolute Gasteiger partial charge is 0.120 e. The maximum atomic E-state index is 5.29. The van der Waals surface area contributed by atoms with E-state index in [1.807, 2.05) is 6.07 Å². The van der Waals surface area contributed by atoms with Gasteiger partial charge in [-0.3, -0.25) is 0 Å². The number of anilines is 1. The Kier molecular flexibility index (Phi) is 3.19. The van der Waals surface area contributed by atoms with E-state index in [9.17, 15) is 0 Å². The van der Waals surface area contributed by atoms with Crippen molar-refractivity contribution in [1.82, 2.24) is 0 Å². The minimum atomic E-state index is 0.612. The van der Waals surface area contributed by atoms with Gasteiger partial charge in [0.2, 0.25) is 0 Å². The molecule has 0 aliphatic heterocycles. The van der Waals surface area contributed by atoms with Gasteiger partial charge in [-0.2, -0.15) is 0 Å². The SMILES string of the molecule is COc1cccc(NC2CCC23CCCCC3)c1. The van der Waals surface area contributed by atoms with Gasteiger partial charge in [0.25, 0.3) is 0 Å². The van der Waals surface area contributed by atoms with Crippen molar-refractivity contribution in [3.63, 3.8) is 0 Å². The van der Waals surface area contributed by atoms with Gasteiger partial charge >= 0.3 is 0 Å². The predicted molar refractivity (Wildman–Crippen MR) is 75.2 cm³/mol. The van der Waals surface area contributed by atoms with E-state index < -0.39 is 0 Å². The van der Waals surface area contributed by atoms with Gasteiger partial charge in [-0.05, 0) is 43.2 Å². The van der Waals surface area contributed by atoms with Gasteiger partial charge in [0, 0.05) is 17.8 Å². The minimum Gasteiger partial charge on any atom is -0.497 e.